The zero-order valence-corrected chi connectivity index (χ0v) is 11.0. The van der Waals surface area contributed by atoms with Gasteiger partial charge in [-0.1, -0.05) is 20.8 Å². The zero-order chi connectivity index (χ0) is 10.6. The minimum Gasteiger partial charge on any atom is -0.374 e. The summed E-state index contributed by atoms with van der Waals surface area (Å²) in [5, 5.41) is 0. The molecule has 0 saturated carbocycles. The summed E-state index contributed by atoms with van der Waals surface area (Å²) in [7, 11) is 0. The molecule has 1 heterocycles. The van der Waals surface area contributed by atoms with E-state index in [1.807, 2.05) is 0 Å². The Morgan fingerprint density at radius 2 is 2.07 bits per heavy atom. The lowest BCUT2D eigenvalue weighted by Gasteiger charge is -2.33. The highest BCUT2D eigenvalue weighted by Crippen LogP contribution is 2.19. The van der Waals surface area contributed by atoms with E-state index in [9.17, 15) is 0 Å². The van der Waals surface area contributed by atoms with E-state index in [1.165, 1.54) is 13.0 Å². The quantitative estimate of drug-likeness (QED) is 0.807. The van der Waals surface area contributed by atoms with Crippen LogP contribution in [-0.2, 0) is 4.74 Å². The van der Waals surface area contributed by atoms with Gasteiger partial charge in [0, 0.05) is 19.6 Å². The molecule has 0 aromatic rings. The average molecular weight is 237 g/mol. The topological polar surface area (TPSA) is 38.5 Å². The van der Waals surface area contributed by atoms with Crippen molar-refractivity contribution in [2.75, 3.05) is 32.8 Å². The Hall–Kier alpha value is 0.170. The van der Waals surface area contributed by atoms with Crippen LogP contribution < -0.4 is 5.73 Å². The van der Waals surface area contributed by atoms with Gasteiger partial charge in [0.2, 0.25) is 0 Å². The molecule has 92 valence electrons. The maximum absolute atomic E-state index is 5.60. The molecule has 1 aliphatic rings. The lowest BCUT2D eigenvalue weighted by Crippen LogP contribution is -2.46. The van der Waals surface area contributed by atoms with Gasteiger partial charge in [-0.05, 0) is 18.4 Å². The summed E-state index contributed by atoms with van der Waals surface area (Å²) < 4.78 is 5.52. The van der Waals surface area contributed by atoms with E-state index in [-0.39, 0.29) is 18.5 Å². The minimum absolute atomic E-state index is 0. The van der Waals surface area contributed by atoms with Crippen LogP contribution in [0.5, 0.6) is 0 Å². The molecule has 1 aliphatic heterocycles. The van der Waals surface area contributed by atoms with Crippen molar-refractivity contribution in [3.05, 3.63) is 0 Å². The van der Waals surface area contributed by atoms with Crippen molar-refractivity contribution in [3.63, 3.8) is 0 Å². The van der Waals surface area contributed by atoms with Crippen LogP contribution in [0.25, 0.3) is 0 Å². The minimum atomic E-state index is 0. The average Bonchev–Trinajstić information content (AvgIpc) is 2.14. The predicted molar refractivity (Wildman–Crippen MR) is 66.6 cm³/mol. The van der Waals surface area contributed by atoms with Crippen LogP contribution in [-0.4, -0.2) is 43.8 Å². The summed E-state index contributed by atoms with van der Waals surface area (Å²) >= 11 is 0. The van der Waals surface area contributed by atoms with E-state index in [0.717, 1.165) is 19.7 Å². The van der Waals surface area contributed by atoms with E-state index < -0.39 is 0 Å². The fourth-order valence-electron chi connectivity index (χ4n) is 1.62. The molecule has 1 fully saturated rings. The molecule has 1 rings (SSSR count). The molecular weight excluding hydrogens is 212 g/mol. The Kier molecular flexibility index (Phi) is 6.76. The number of hydrogen-bond donors (Lipinski definition) is 1. The van der Waals surface area contributed by atoms with Gasteiger partial charge >= 0.3 is 0 Å². The summed E-state index contributed by atoms with van der Waals surface area (Å²) in [4.78, 5) is 2.46. The van der Waals surface area contributed by atoms with Crippen molar-refractivity contribution in [1.82, 2.24) is 4.90 Å². The molecule has 0 radical (unpaired) electrons. The molecule has 0 amide bonds. The monoisotopic (exact) mass is 236 g/mol. The number of nitrogens with zero attached hydrogens (tertiary/aromatic N) is 1. The highest BCUT2D eigenvalue weighted by atomic mass is 35.5. The van der Waals surface area contributed by atoms with Gasteiger partial charge in [-0.25, -0.2) is 0 Å². The second-order valence-corrected chi connectivity index (χ2v) is 5.34. The molecule has 1 saturated heterocycles. The molecule has 0 aliphatic carbocycles. The predicted octanol–water partition coefficient (Wildman–Crippen LogP) is 1.50. The van der Waals surface area contributed by atoms with Crippen molar-refractivity contribution in [3.8, 4) is 0 Å². The molecule has 3 nitrogen and oxygen atoms in total. The zero-order valence-electron chi connectivity index (χ0n) is 10.2. The Morgan fingerprint density at radius 1 is 1.40 bits per heavy atom. The summed E-state index contributed by atoms with van der Waals surface area (Å²) in [6.07, 6.45) is 1.49. The number of morpholine rings is 1. The van der Waals surface area contributed by atoms with Crippen molar-refractivity contribution < 1.29 is 4.74 Å². The van der Waals surface area contributed by atoms with Crippen LogP contribution in [0.2, 0.25) is 0 Å². The van der Waals surface area contributed by atoms with Gasteiger partial charge in [0.1, 0.15) is 0 Å². The van der Waals surface area contributed by atoms with Gasteiger partial charge in [0.25, 0.3) is 0 Å². The summed E-state index contributed by atoms with van der Waals surface area (Å²) in [5.41, 5.74) is 6.02. The maximum Gasteiger partial charge on any atom is 0.0824 e. The van der Waals surface area contributed by atoms with Crippen LogP contribution in [0.15, 0.2) is 0 Å². The first kappa shape index (κ1) is 15.2. The van der Waals surface area contributed by atoms with E-state index in [0.29, 0.717) is 12.0 Å². The van der Waals surface area contributed by atoms with Gasteiger partial charge in [0.05, 0.1) is 12.7 Å². The Labute approximate surface area is 99.7 Å². The maximum atomic E-state index is 5.60. The van der Waals surface area contributed by atoms with Crippen molar-refractivity contribution in [2.24, 2.45) is 11.1 Å². The SMILES string of the molecule is CC(C)(C)CCN1CCOC(CN)C1.Cl. The number of halogens is 1. The first-order valence-corrected chi connectivity index (χ1v) is 5.55. The molecular formula is C11H25ClN2O. The number of ether oxygens (including phenoxy) is 1. The Balaban J connectivity index is 0.00000196. The summed E-state index contributed by atoms with van der Waals surface area (Å²) in [6.45, 7) is 11.6. The molecule has 2 N–H and O–H groups in total. The molecule has 15 heavy (non-hydrogen) atoms. The third kappa shape index (κ3) is 6.36. The lowest BCUT2D eigenvalue weighted by molar-refractivity contribution is -0.0257. The highest BCUT2D eigenvalue weighted by Gasteiger charge is 2.20. The third-order valence-electron chi connectivity index (χ3n) is 2.66. The molecule has 0 bridgehead atoms. The molecule has 0 aromatic carbocycles. The van der Waals surface area contributed by atoms with Crippen LogP contribution in [0.3, 0.4) is 0 Å². The number of nitrogens with two attached hydrogens (primary N) is 1. The van der Waals surface area contributed by atoms with Gasteiger partial charge in [0.15, 0.2) is 0 Å². The Morgan fingerprint density at radius 3 is 2.60 bits per heavy atom. The summed E-state index contributed by atoms with van der Waals surface area (Å²) in [5.74, 6) is 0. The highest BCUT2D eigenvalue weighted by molar-refractivity contribution is 5.85. The normalized spacial score (nSPS) is 23.6. The third-order valence-corrected chi connectivity index (χ3v) is 2.66. The number of rotatable bonds is 3. The fraction of sp³-hybridized carbons (Fsp3) is 1.00. The first-order chi connectivity index (χ1) is 6.51. The Bertz CT molecular complexity index is 170. The largest absolute Gasteiger partial charge is 0.374 e. The van der Waals surface area contributed by atoms with Crippen molar-refractivity contribution in [1.29, 1.82) is 0 Å². The second-order valence-electron chi connectivity index (χ2n) is 5.34. The van der Waals surface area contributed by atoms with Gasteiger partial charge in [-0.15, -0.1) is 12.4 Å². The van der Waals surface area contributed by atoms with E-state index in [1.54, 1.807) is 0 Å². The van der Waals surface area contributed by atoms with Gasteiger partial charge in [-0.3, -0.25) is 4.90 Å². The van der Waals surface area contributed by atoms with E-state index >= 15 is 0 Å². The van der Waals surface area contributed by atoms with Crippen molar-refractivity contribution in [2.45, 2.75) is 33.3 Å². The van der Waals surface area contributed by atoms with E-state index in [4.69, 9.17) is 10.5 Å². The van der Waals surface area contributed by atoms with Crippen LogP contribution in [0.4, 0.5) is 0 Å². The number of hydrogen-bond acceptors (Lipinski definition) is 3. The lowest BCUT2D eigenvalue weighted by atomic mass is 9.92. The fourth-order valence-corrected chi connectivity index (χ4v) is 1.62. The molecule has 4 heteroatoms. The smallest absolute Gasteiger partial charge is 0.0824 e. The van der Waals surface area contributed by atoms with Crippen molar-refractivity contribution >= 4 is 12.4 Å². The second kappa shape index (κ2) is 6.69. The standard InChI is InChI=1S/C11H24N2O.ClH/c1-11(2,3)4-5-13-6-7-14-10(8-12)9-13;/h10H,4-9,12H2,1-3H3;1H. The molecule has 0 aromatic heterocycles. The molecule has 0 spiro atoms. The van der Waals surface area contributed by atoms with Gasteiger partial charge in [-0.2, -0.15) is 0 Å². The van der Waals surface area contributed by atoms with E-state index in [2.05, 4.69) is 25.7 Å². The van der Waals surface area contributed by atoms with Gasteiger partial charge < -0.3 is 10.5 Å². The van der Waals surface area contributed by atoms with Crippen LogP contribution >= 0.6 is 12.4 Å². The molecule has 1 unspecified atom stereocenters. The summed E-state index contributed by atoms with van der Waals surface area (Å²) in [6, 6.07) is 0. The molecule has 1 atom stereocenters. The van der Waals surface area contributed by atoms with Crippen LogP contribution in [0.1, 0.15) is 27.2 Å². The first-order valence-electron chi connectivity index (χ1n) is 5.55. The van der Waals surface area contributed by atoms with Crippen LogP contribution in [0, 0.1) is 5.41 Å².